The molecule has 0 spiro atoms. The molecule has 0 unspecified atom stereocenters. The second-order valence-corrected chi connectivity index (χ2v) is 20.6. The summed E-state index contributed by atoms with van der Waals surface area (Å²) < 4.78 is 170. The Balaban J connectivity index is 0.000000209. The maximum Gasteiger partial charge on any atom is 0.573 e. The monoisotopic (exact) mass is 1240 g/mol. The van der Waals surface area contributed by atoms with E-state index in [9.17, 15) is 82.1 Å². The van der Waals surface area contributed by atoms with Gasteiger partial charge < -0.3 is 69.7 Å². The summed E-state index contributed by atoms with van der Waals surface area (Å²) in [5.41, 5.74) is 13.9. The second kappa shape index (κ2) is 30.5. The minimum atomic E-state index is -4.74. The van der Waals surface area contributed by atoms with Gasteiger partial charge in [-0.15, -0.1) is 52.7 Å². The molecule has 4 heterocycles. The van der Waals surface area contributed by atoms with Crippen molar-refractivity contribution in [3.05, 3.63) is 119 Å². The van der Waals surface area contributed by atoms with Crippen LogP contribution in [0.25, 0.3) is 0 Å². The largest absolute Gasteiger partial charge is 0.573 e. The number of carbonyl (C=O) groups is 4. The van der Waals surface area contributed by atoms with E-state index >= 15 is 0 Å². The lowest BCUT2D eigenvalue weighted by Gasteiger charge is -2.16. The van der Waals surface area contributed by atoms with Crippen LogP contribution in [0.4, 0.5) is 52.7 Å². The topological polar surface area (TPSA) is 229 Å². The quantitative estimate of drug-likeness (QED) is 0.0982. The molecule has 4 aliphatic rings. The van der Waals surface area contributed by atoms with Crippen LogP contribution in [-0.4, -0.2) is 182 Å². The van der Waals surface area contributed by atoms with Crippen molar-refractivity contribution in [2.75, 3.05) is 66.6 Å². The van der Waals surface area contributed by atoms with E-state index in [-0.39, 0.29) is 115 Å². The highest BCUT2D eigenvalue weighted by atomic mass is 19.4. The van der Waals surface area contributed by atoms with Crippen LogP contribution >= 0.6 is 0 Å². The number of carbonyl (C=O) groups excluding carboxylic acids is 4. The van der Waals surface area contributed by atoms with E-state index in [1.807, 2.05) is 13.8 Å². The first kappa shape index (κ1) is 69.6. The summed E-state index contributed by atoms with van der Waals surface area (Å²) in [4.78, 5) is 54.6. The molecule has 4 aromatic rings. The number of β-amino-alcohol motifs (C(OH)–C–C–N with tert-alkyl or cyclic N) is 2. The maximum atomic E-state index is 12.2. The van der Waals surface area contributed by atoms with Gasteiger partial charge in [0.25, 0.3) is 0 Å². The molecule has 18 nitrogen and oxygen atoms in total. The number of rotatable bonds is 14. The highest BCUT2D eigenvalue weighted by Crippen LogP contribution is 2.28. The van der Waals surface area contributed by atoms with Gasteiger partial charge >= 0.3 is 25.4 Å². The molecule has 8 atom stereocenters. The summed E-state index contributed by atoms with van der Waals surface area (Å²) in [5.74, 6) is -1.52. The lowest BCUT2D eigenvalue weighted by Crippen LogP contribution is -2.34. The third-order valence-electron chi connectivity index (χ3n) is 13.8. The van der Waals surface area contributed by atoms with Crippen LogP contribution in [0.1, 0.15) is 36.1 Å². The Kier molecular flexibility index (Phi) is 24.7. The van der Waals surface area contributed by atoms with E-state index in [0.717, 1.165) is 12.1 Å². The van der Waals surface area contributed by atoms with E-state index in [0.29, 0.717) is 61.5 Å². The van der Waals surface area contributed by atoms with Gasteiger partial charge in [-0.25, -0.2) is 0 Å². The van der Waals surface area contributed by atoms with E-state index < -0.39 is 43.7 Å². The number of alkyl halides is 12. The normalized spacial score (nSPS) is 22.2. The number of nitrogens with two attached hydrogens (primary N) is 2. The van der Waals surface area contributed by atoms with Crippen molar-refractivity contribution in [2.45, 2.75) is 101 Å². The van der Waals surface area contributed by atoms with Crippen LogP contribution in [0.5, 0.6) is 23.0 Å². The average Bonchev–Trinajstić information content (AvgIpc) is 3.66. The van der Waals surface area contributed by atoms with Crippen molar-refractivity contribution in [3.63, 3.8) is 0 Å². The van der Waals surface area contributed by atoms with Gasteiger partial charge in [0.2, 0.25) is 23.6 Å². The van der Waals surface area contributed by atoms with E-state index in [1.54, 1.807) is 21.8 Å². The minimum Gasteiger partial charge on any atom is -0.406 e. The number of amides is 4. The Morgan fingerprint density at radius 3 is 0.895 bits per heavy atom. The van der Waals surface area contributed by atoms with Gasteiger partial charge in [0.1, 0.15) is 23.0 Å². The molecular weight excluding hydrogens is 1180 g/mol. The molecule has 476 valence electrons. The molecule has 0 bridgehead atoms. The molecule has 0 aromatic heterocycles. The number of benzene rings is 4. The van der Waals surface area contributed by atoms with Crippen LogP contribution in [-0.2, 0) is 54.3 Å². The molecule has 0 radical (unpaired) electrons. The fraction of sp³-hybridized carbons (Fsp3) is 0.500. The Hall–Kier alpha value is -7.12. The zero-order valence-corrected chi connectivity index (χ0v) is 46.8. The maximum absolute atomic E-state index is 12.2. The number of hydrogen-bond donors (Lipinski definition) is 4. The van der Waals surface area contributed by atoms with Crippen molar-refractivity contribution >= 4 is 23.6 Å². The molecule has 0 aliphatic carbocycles. The number of aliphatic hydroxyl groups excluding tert-OH is 2. The molecule has 4 aliphatic heterocycles. The first-order valence-electron chi connectivity index (χ1n) is 26.5. The van der Waals surface area contributed by atoms with Crippen molar-refractivity contribution in [3.8, 4) is 23.0 Å². The number of ether oxygens (including phenoxy) is 6. The van der Waals surface area contributed by atoms with Gasteiger partial charge in [0.15, 0.2) is 0 Å². The number of aliphatic hydroxyl groups is 2. The summed E-state index contributed by atoms with van der Waals surface area (Å²) in [6, 6.07) is 20.2. The molecule has 8 rings (SSSR count). The molecule has 4 saturated heterocycles. The van der Waals surface area contributed by atoms with Crippen molar-refractivity contribution in [2.24, 2.45) is 23.3 Å². The molecule has 4 aromatic carbocycles. The smallest absolute Gasteiger partial charge is 0.406 e. The standard InChI is InChI=1S/C15H18F3NO3.C14H17F3N2O3.C14H16F3NO3.C13H15F3N2O3/c1-10-8-19(9-13(10)21-2)14(20)7-11-3-5-12(6-4-11)22-15(16,17)18;1-21-12-8-19(7-11(12)18)13(20)6-9-2-4-10(5-3-9)22-14(15,16)17;1-9-7-18(8-12(9)19)13(20)6-10-2-4-11(5-3-10)21-14(15,16)17;14-13(15,16)21-9-3-1-8(2-4-9)5-12(20)18-6-10(17)11(19)7-18/h3-6,10,13H,7-9H2,1-2H3;2-5,11-12H,6-8,18H2,1H3;2-5,9,12,19H,6-8H2,1H3;1-4,10-11,19H,5-7,17H2/t10-,13-;11-,12-;9-,12-;10-,11-/m1111/s1. The lowest BCUT2D eigenvalue weighted by atomic mass is 10.1. The molecule has 0 saturated carbocycles. The third kappa shape index (κ3) is 23.6. The third-order valence-corrected chi connectivity index (χ3v) is 13.8. The van der Waals surface area contributed by atoms with Crippen LogP contribution in [0, 0.1) is 11.8 Å². The average molecular weight is 1240 g/mol. The first-order chi connectivity index (χ1) is 40.0. The molecular formula is C56H66F12N6O12. The van der Waals surface area contributed by atoms with E-state index in [2.05, 4.69) is 18.9 Å². The van der Waals surface area contributed by atoms with Crippen LogP contribution < -0.4 is 30.4 Å². The first-order valence-corrected chi connectivity index (χ1v) is 26.5. The number of nitrogens with zero attached hydrogens (tertiary/aromatic N) is 4. The van der Waals surface area contributed by atoms with Crippen molar-refractivity contribution in [1.29, 1.82) is 0 Å². The predicted molar refractivity (Wildman–Crippen MR) is 282 cm³/mol. The van der Waals surface area contributed by atoms with E-state index in [4.69, 9.17) is 20.9 Å². The highest BCUT2D eigenvalue weighted by Gasteiger charge is 2.37. The second-order valence-electron chi connectivity index (χ2n) is 20.6. The molecule has 4 fully saturated rings. The summed E-state index contributed by atoms with van der Waals surface area (Å²) in [7, 11) is 3.16. The molecule has 86 heavy (non-hydrogen) atoms. The zero-order valence-electron chi connectivity index (χ0n) is 46.8. The lowest BCUT2D eigenvalue weighted by molar-refractivity contribution is -0.275. The van der Waals surface area contributed by atoms with Gasteiger partial charge in [-0.3, -0.25) is 19.2 Å². The summed E-state index contributed by atoms with van der Waals surface area (Å²) in [5, 5.41) is 19.1. The Morgan fingerprint density at radius 1 is 0.395 bits per heavy atom. The van der Waals surface area contributed by atoms with Crippen molar-refractivity contribution < 1.29 is 110 Å². The predicted octanol–water partition coefficient (Wildman–Crippen LogP) is 6.56. The Morgan fingerprint density at radius 2 is 0.651 bits per heavy atom. The number of likely N-dealkylation sites (tertiary alicyclic amines) is 4. The van der Waals surface area contributed by atoms with E-state index in [1.165, 1.54) is 96.9 Å². The fourth-order valence-electron chi connectivity index (χ4n) is 9.25. The van der Waals surface area contributed by atoms with Crippen LogP contribution in [0.15, 0.2) is 97.1 Å². The van der Waals surface area contributed by atoms with Crippen LogP contribution in [0.2, 0.25) is 0 Å². The molecule has 30 heteroatoms. The van der Waals surface area contributed by atoms with Crippen molar-refractivity contribution in [1.82, 2.24) is 19.6 Å². The number of hydrogen-bond acceptors (Lipinski definition) is 14. The summed E-state index contributed by atoms with van der Waals surface area (Å²) >= 11 is 0. The fourth-order valence-corrected chi connectivity index (χ4v) is 9.25. The summed E-state index contributed by atoms with van der Waals surface area (Å²) in [6.07, 6.45) is -19.9. The molecule has 4 amide bonds. The van der Waals surface area contributed by atoms with Gasteiger partial charge in [0.05, 0.1) is 56.1 Å². The SMILES string of the molecule is CO[C@@H]1CN(C(=O)Cc2ccc(OC(F)(F)F)cc2)C[C@H]1C.CO[C@@H]1CN(C(=O)Cc2ccc(OC(F)(F)F)cc2)C[C@H]1N.C[C@@H]1CN(C(=O)Cc2ccc(OC(F)(F)F)cc2)C[C@H]1O.N[C@@H]1CN(C(=O)Cc2ccc(OC(F)(F)F)cc2)C[C@H]1O. The number of halogens is 12. The number of methoxy groups -OCH3 is 2. The zero-order chi connectivity index (χ0) is 63.9. The minimum absolute atomic E-state index is 0.0335. The highest BCUT2D eigenvalue weighted by molar-refractivity contribution is 5.81. The van der Waals surface area contributed by atoms with Gasteiger partial charge in [-0.2, -0.15) is 0 Å². The van der Waals surface area contributed by atoms with Crippen LogP contribution in [0.3, 0.4) is 0 Å². The van der Waals surface area contributed by atoms with Gasteiger partial charge in [-0.1, -0.05) is 62.4 Å². The Labute approximate surface area is 486 Å². The Bertz CT molecular complexity index is 2590. The summed E-state index contributed by atoms with van der Waals surface area (Å²) in [6.45, 7) is 7.14. The molecule has 6 N–H and O–H groups in total. The van der Waals surface area contributed by atoms with Gasteiger partial charge in [0, 0.05) is 84.5 Å². The van der Waals surface area contributed by atoms with Gasteiger partial charge in [-0.05, 0) is 70.8 Å².